The van der Waals surface area contributed by atoms with Gasteiger partial charge in [0.1, 0.15) is 17.7 Å². The molecule has 1 aliphatic rings. The fraction of sp³-hybridized carbons (Fsp3) is 0.235. The van der Waals surface area contributed by atoms with Crippen LogP contribution in [0.1, 0.15) is 28.4 Å². The second-order valence-electron chi connectivity index (χ2n) is 5.61. The van der Waals surface area contributed by atoms with E-state index in [1.165, 1.54) is 11.9 Å². The van der Waals surface area contributed by atoms with Gasteiger partial charge in [0.15, 0.2) is 0 Å². The van der Waals surface area contributed by atoms with E-state index in [4.69, 9.17) is 0 Å². The number of hydrogen-bond acceptors (Lipinski definition) is 3. The summed E-state index contributed by atoms with van der Waals surface area (Å²) in [4.78, 5) is 26.0. The van der Waals surface area contributed by atoms with E-state index in [1.54, 1.807) is 6.20 Å². The van der Waals surface area contributed by atoms with E-state index in [-0.39, 0.29) is 5.91 Å². The first kappa shape index (κ1) is 13.0. The molecular weight excluding hydrogens is 276 g/mol. The molecule has 22 heavy (non-hydrogen) atoms. The Balaban J connectivity index is 1.58. The molecule has 0 aliphatic carbocycles. The zero-order valence-electron chi connectivity index (χ0n) is 12.1. The predicted octanol–water partition coefficient (Wildman–Crippen LogP) is 2.59. The minimum atomic E-state index is -0.00886. The van der Waals surface area contributed by atoms with E-state index in [9.17, 15) is 4.79 Å². The van der Waals surface area contributed by atoms with Crippen LogP contribution in [-0.4, -0.2) is 38.8 Å². The van der Waals surface area contributed by atoms with Gasteiger partial charge in [-0.05, 0) is 18.1 Å². The van der Waals surface area contributed by atoms with Crippen molar-refractivity contribution in [2.45, 2.75) is 12.3 Å². The number of benzene rings is 1. The maximum Gasteiger partial charge on any atom is 0.273 e. The topological polar surface area (TPSA) is 61.9 Å². The van der Waals surface area contributed by atoms with E-state index in [1.807, 2.05) is 29.2 Å². The summed E-state index contributed by atoms with van der Waals surface area (Å²) in [6, 6.07) is 12.2. The van der Waals surface area contributed by atoms with Crippen LogP contribution in [-0.2, 0) is 0 Å². The van der Waals surface area contributed by atoms with Crippen LogP contribution < -0.4 is 0 Å². The highest BCUT2D eigenvalue weighted by Crippen LogP contribution is 2.28. The van der Waals surface area contributed by atoms with E-state index in [2.05, 4.69) is 27.1 Å². The lowest BCUT2D eigenvalue weighted by Crippen LogP contribution is -2.29. The number of aromatic amines is 1. The number of amides is 1. The summed E-state index contributed by atoms with van der Waals surface area (Å²) in [5.74, 6) is 0.402. The van der Waals surface area contributed by atoms with Gasteiger partial charge < -0.3 is 9.88 Å². The molecule has 1 aromatic carbocycles. The number of aromatic nitrogens is 3. The molecule has 3 aromatic rings. The van der Waals surface area contributed by atoms with Gasteiger partial charge in [0.2, 0.25) is 0 Å². The monoisotopic (exact) mass is 292 g/mol. The Hall–Kier alpha value is -2.69. The summed E-state index contributed by atoms with van der Waals surface area (Å²) in [5.41, 5.74) is 2.49. The van der Waals surface area contributed by atoms with Crippen molar-refractivity contribution >= 4 is 16.9 Å². The minimum absolute atomic E-state index is 0.00886. The summed E-state index contributed by atoms with van der Waals surface area (Å²) >= 11 is 0. The summed E-state index contributed by atoms with van der Waals surface area (Å²) in [6.07, 6.45) is 4.22. The maximum absolute atomic E-state index is 12.8. The standard InChI is InChI=1S/C17H16N4O/c22-17(15-14-6-8-18-16(14)20-11-19-15)21-9-7-13(10-21)12-4-2-1-3-5-12/h1-6,8,11,13H,7,9-10H2,(H,18,19,20). The van der Waals surface area contributed by atoms with Crippen molar-refractivity contribution in [2.75, 3.05) is 13.1 Å². The van der Waals surface area contributed by atoms with Gasteiger partial charge in [-0.3, -0.25) is 4.79 Å². The van der Waals surface area contributed by atoms with E-state index >= 15 is 0 Å². The minimum Gasteiger partial charge on any atom is -0.346 e. The average Bonchev–Trinajstić information content (AvgIpc) is 3.24. The van der Waals surface area contributed by atoms with Crippen LogP contribution in [0.3, 0.4) is 0 Å². The molecule has 0 bridgehead atoms. The molecule has 0 radical (unpaired) electrons. The fourth-order valence-electron chi connectivity index (χ4n) is 3.13. The Morgan fingerprint density at radius 3 is 2.91 bits per heavy atom. The van der Waals surface area contributed by atoms with E-state index < -0.39 is 0 Å². The first-order valence-electron chi connectivity index (χ1n) is 7.45. The molecule has 5 nitrogen and oxygen atoms in total. The summed E-state index contributed by atoms with van der Waals surface area (Å²) in [6.45, 7) is 1.52. The molecule has 1 fully saturated rings. The van der Waals surface area contributed by atoms with Crippen molar-refractivity contribution in [1.82, 2.24) is 19.9 Å². The number of likely N-dealkylation sites (tertiary alicyclic amines) is 1. The maximum atomic E-state index is 12.8. The highest BCUT2D eigenvalue weighted by Gasteiger charge is 2.29. The zero-order valence-corrected chi connectivity index (χ0v) is 12.1. The second-order valence-corrected chi connectivity index (χ2v) is 5.61. The predicted molar refractivity (Wildman–Crippen MR) is 83.6 cm³/mol. The lowest BCUT2D eigenvalue weighted by Gasteiger charge is -2.16. The van der Waals surface area contributed by atoms with Gasteiger partial charge >= 0.3 is 0 Å². The second kappa shape index (κ2) is 5.26. The molecule has 1 unspecified atom stereocenters. The number of carbonyl (C=O) groups excluding carboxylic acids is 1. The molecule has 1 amide bonds. The van der Waals surface area contributed by atoms with Gasteiger partial charge in [-0.1, -0.05) is 30.3 Å². The molecule has 1 N–H and O–H groups in total. The molecule has 1 aliphatic heterocycles. The Morgan fingerprint density at radius 1 is 1.18 bits per heavy atom. The number of nitrogens with zero attached hydrogens (tertiary/aromatic N) is 3. The molecule has 5 heteroatoms. The number of rotatable bonds is 2. The molecule has 0 saturated carbocycles. The third-order valence-electron chi connectivity index (χ3n) is 4.30. The van der Waals surface area contributed by atoms with Crippen LogP contribution in [0.15, 0.2) is 48.9 Å². The zero-order chi connectivity index (χ0) is 14.9. The third-order valence-corrected chi connectivity index (χ3v) is 4.30. The molecule has 4 rings (SSSR count). The molecular formula is C17H16N4O. The number of nitrogens with one attached hydrogen (secondary N) is 1. The summed E-state index contributed by atoms with van der Waals surface area (Å²) in [7, 11) is 0. The van der Waals surface area contributed by atoms with Gasteiger partial charge in [0.05, 0.1) is 5.39 Å². The lowest BCUT2D eigenvalue weighted by molar-refractivity contribution is 0.0787. The Bertz CT molecular complexity index is 812. The van der Waals surface area contributed by atoms with Gasteiger partial charge in [-0.25, -0.2) is 9.97 Å². The summed E-state index contributed by atoms with van der Waals surface area (Å²) in [5, 5.41) is 0.788. The Morgan fingerprint density at radius 2 is 2.05 bits per heavy atom. The lowest BCUT2D eigenvalue weighted by atomic mass is 9.99. The summed E-state index contributed by atoms with van der Waals surface area (Å²) < 4.78 is 0. The van der Waals surface area contributed by atoms with Crippen molar-refractivity contribution in [2.24, 2.45) is 0 Å². The quantitative estimate of drug-likeness (QED) is 0.789. The average molecular weight is 292 g/mol. The van der Waals surface area contributed by atoms with Crippen LogP contribution in [0.4, 0.5) is 0 Å². The van der Waals surface area contributed by atoms with Crippen LogP contribution in [0.5, 0.6) is 0 Å². The van der Waals surface area contributed by atoms with Crippen LogP contribution in [0.25, 0.3) is 11.0 Å². The fourth-order valence-corrected chi connectivity index (χ4v) is 3.13. The highest BCUT2D eigenvalue weighted by atomic mass is 16.2. The molecule has 110 valence electrons. The smallest absolute Gasteiger partial charge is 0.273 e. The van der Waals surface area contributed by atoms with Crippen LogP contribution in [0, 0.1) is 0 Å². The number of fused-ring (bicyclic) bond motifs is 1. The van der Waals surface area contributed by atoms with E-state index in [0.29, 0.717) is 17.3 Å². The SMILES string of the molecule is O=C(c1ncnc2[nH]ccc12)N1CCC(c2ccccc2)C1. The van der Waals surface area contributed by atoms with E-state index in [0.717, 1.165) is 24.9 Å². The van der Waals surface area contributed by atoms with Crippen LogP contribution in [0.2, 0.25) is 0 Å². The first-order chi connectivity index (χ1) is 10.8. The highest BCUT2D eigenvalue weighted by molar-refractivity contribution is 6.03. The van der Waals surface area contributed by atoms with Gasteiger partial charge in [-0.15, -0.1) is 0 Å². The molecule has 2 aromatic heterocycles. The Kier molecular flexibility index (Phi) is 3.11. The van der Waals surface area contributed by atoms with Crippen LogP contribution >= 0.6 is 0 Å². The third kappa shape index (κ3) is 2.15. The number of hydrogen-bond donors (Lipinski definition) is 1. The van der Waals surface area contributed by atoms with Crippen molar-refractivity contribution in [3.63, 3.8) is 0 Å². The van der Waals surface area contributed by atoms with Crippen molar-refractivity contribution in [1.29, 1.82) is 0 Å². The molecule has 3 heterocycles. The van der Waals surface area contributed by atoms with Crippen molar-refractivity contribution in [3.8, 4) is 0 Å². The molecule has 1 saturated heterocycles. The molecule has 1 atom stereocenters. The van der Waals surface area contributed by atoms with Crippen molar-refractivity contribution < 1.29 is 4.79 Å². The first-order valence-corrected chi connectivity index (χ1v) is 7.45. The number of carbonyl (C=O) groups is 1. The van der Waals surface area contributed by atoms with Crippen molar-refractivity contribution in [3.05, 3.63) is 60.2 Å². The largest absolute Gasteiger partial charge is 0.346 e. The van der Waals surface area contributed by atoms with Gasteiger partial charge in [-0.2, -0.15) is 0 Å². The number of H-pyrrole nitrogens is 1. The van der Waals surface area contributed by atoms with Gasteiger partial charge in [0.25, 0.3) is 5.91 Å². The Labute approximate surface area is 128 Å². The molecule has 0 spiro atoms. The normalized spacial score (nSPS) is 18.0. The van der Waals surface area contributed by atoms with Gasteiger partial charge in [0, 0.05) is 25.2 Å².